The van der Waals surface area contributed by atoms with Crippen LogP contribution in [0.4, 0.5) is 0 Å². The topological polar surface area (TPSA) is 23.4 Å². The predicted octanol–water partition coefficient (Wildman–Crippen LogP) is 5.82. The van der Waals surface area contributed by atoms with Gasteiger partial charge in [0.2, 0.25) is 0 Å². The van der Waals surface area contributed by atoms with Gasteiger partial charge in [-0.1, -0.05) is 60.2 Å². The molecule has 0 aliphatic carbocycles. The molecule has 3 heteroatoms. The van der Waals surface area contributed by atoms with Crippen molar-refractivity contribution < 1.29 is 9.47 Å². The smallest absolute Gasteiger partial charge is 0.160 e. The highest BCUT2D eigenvalue weighted by molar-refractivity contribution is 5.88. The maximum absolute atomic E-state index is 5.98. The average Bonchev–Trinajstić information content (AvgIpc) is 3.09. The van der Waals surface area contributed by atoms with Crippen LogP contribution in [0.1, 0.15) is 17.4 Å². The molecule has 0 radical (unpaired) electrons. The molecule has 0 spiro atoms. The number of hydrogen-bond acceptors (Lipinski definition) is 2. The zero-order chi connectivity index (χ0) is 18.8. The summed E-state index contributed by atoms with van der Waals surface area (Å²) in [5.41, 5.74) is 5.74. The number of rotatable bonds is 5. The van der Waals surface area contributed by atoms with Gasteiger partial charge < -0.3 is 14.0 Å². The molecule has 1 unspecified atom stereocenters. The minimum atomic E-state index is -0.216. The highest BCUT2D eigenvalue weighted by Gasteiger charge is 2.20. The van der Waals surface area contributed by atoms with E-state index in [4.69, 9.17) is 9.47 Å². The molecule has 3 aromatic carbocycles. The van der Waals surface area contributed by atoms with Gasteiger partial charge in [0.05, 0.1) is 18.3 Å². The van der Waals surface area contributed by atoms with E-state index in [2.05, 4.69) is 78.2 Å². The molecule has 0 aliphatic rings. The van der Waals surface area contributed by atoms with Crippen molar-refractivity contribution in [2.24, 2.45) is 0 Å². The third-order valence-corrected chi connectivity index (χ3v) is 4.94. The Morgan fingerprint density at radius 2 is 1.56 bits per heavy atom. The van der Waals surface area contributed by atoms with E-state index < -0.39 is 0 Å². The summed E-state index contributed by atoms with van der Waals surface area (Å²) in [4.78, 5) is 0. The van der Waals surface area contributed by atoms with Gasteiger partial charge in [-0.05, 0) is 36.8 Å². The molecule has 1 aromatic heterocycles. The minimum absolute atomic E-state index is 0.216. The zero-order valence-corrected chi connectivity index (χ0v) is 15.8. The first kappa shape index (κ1) is 17.4. The van der Waals surface area contributed by atoms with Crippen LogP contribution in [-0.4, -0.2) is 18.8 Å². The van der Waals surface area contributed by atoms with Crippen LogP contribution in [0, 0.1) is 6.92 Å². The fraction of sp³-hybridized carbons (Fsp3) is 0.167. The Hall–Kier alpha value is -3.04. The molecule has 136 valence electrons. The molecule has 1 atom stereocenters. The van der Waals surface area contributed by atoms with Crippen molar-refractivity contribution in [3.8, 4) is 17.0 Å². The van der Waals surface area contributed by atoms with Crippen molar-refractivity contribution >= 4 is 10.9 Å². The van der Waals surface area contributed by atoms with Crippen LogP contribution in [0.25, 0.3) is 22.2 Å². The largest absolute Gasteiger partial charge is 0.497 e. The van der Waals surface area contributed by atoms with Crippen LogP contribution in [0.5, 0.6) is 5.75 Å². The summed E-state index contributed by atoms with van der Waals surface area (Å²) in [6.07, 6.45) is -0.216. The number of methoxy groups -OCH3 is 2. The number of aryl methyl sites for hydroxylation is 1. The van der Waals surface area contributed by atoms with Crippen molar-refractivity contribution in [1.82, 2.24) is 4.57 Å². The van der Waals surface area contributed by atoms with Gasteiger partial charge in [0.1, 0.15) is 5.75 Å². The standard InChI is InChI=1S/C24H23NO2/c1-17-9-11-19(12-10-17)24(27-3)25-22-14-13-21(26-2)15-20(22)16-23(25)18-7-5-4-6-8-18/h4-16,24H,1-3H3. The van der Waals surface area contributed by atoms with Crippen LogP contribution in [0.3, 0.4) is 0 Å². The van der Waals surface area contributed by atoms with Crippen molar-refractivity contribution in [2.45, 2.75) is 13.2 Å². The third-order valence-electron chi connectivity index (χ3n) is 4.94. The van der Waals surface area contributed by atoms with Crippen LogP contribution >= 0.6 is 0 Å². The maximum atomic E-state index is 5.98. The van der Waals surface area contributed by atoms with Crippen LogP contribution in [0.2, 0.25) is 0 Å². The van der Waals surface area contributed by atoms with E-state index in [0.29, 0.717) is 0 Å². The van der Waals surface area contributed by atoms with Crippen molar-refractivity contribution in [3.05, 3.63) is 90.0 Å². The molecule has 0 amide bonds. The number of hydrogen-bond donors (Lipinski definition) is 0. The van der Waals surface area contributed by atoms with Gasteiger partial charge in [-0.3, -0.25) is 0 Å². The molecule has 0 saturated heterocycles. The van der Waals surface area contributed by atoms with Crippen molar-refractivity contribution in [1.29, 1.82) is 0 Å². The first-order valence-electron chi connectivity index (χ1n) is 9.05. The van der Waals surface area contributed by atoms with Gasteiger partial charge in [-0.2, -0.15) is 0 Å². The Labute approximate surface area is 159 Å². The summed E-state index contributed by atoms with van der Waals surface area (Å²) < 4.78 is 13.7. The molecular weight excluding hydrogens is 334 g/mol. The second kappa shape index (κ2) is 7.29. The number of benzene rings is 3. The van der Waals surface area contributed by atoms with E-state index >= 15 is 0 Å². The molecule has 0 N–H and O–H groups in total. The summed E-state index contributed by atoms with van der Waals surface area (Å²) in [5, 5.41) is 1.13. The highest BCUT2D eigenvalue weighted by atomic mass is 16.5. The van der Waals surface area contributed by atoms with E-state index in [1.165, 1.54) is 5.56 Å². The van der Waals surface area contributed by atoms with Gasteiger partial charge in [0.15, 0.2) is 6.23 Å². The first-order chi connectivity index (χ1) is 13.2. The fourth-order valence-electron chi connectivity index (χ4n) is 3.55. The van der Waals surface area contributed by atoms with Gasteiger partial charge in [-0.15, -0.1) is 0 Å². The molecule has 4 rings (SSSR count). The lowest BCUT2D eigenvalue weighted by Crippen LogP contribution is -2.13. The molecule has 0 fully saturated rings. The van der Waals surface area contributed by atoms with Crippen molar-refractivity contribution in [2.75, 3.05) is 14.2 Å². The molecule has 0 bridgehead atoms. The molecule has 27 heavy (non-hydrogen) atoms. The van der Waals surface area contributed by atoms with E-state index in [0.717, 1.165) is 33.5 Å². The molecular formula is C24H23NO2. The fourth-order valence-corrected chi connectivity index (χ4v) is 3.55. The van der Waals surface area contributed by atoms with Crippen molar-refractivity contribution in [3.63, 3.8) is 0 Å². The Morgan fingerprint density at radius 1 is 0.815 bits per heavy atom. The number of fused-ring (bicyclic) bond motifs is 1. The van der Waals surface area contributed by atoms with Gasteiger partial charge in [0.25, 0.3) is 0 Å². The predicted molar refractivity (Wildman–Crippen MR) is 110 cm³/mol. The third kappa shape index (κ3) is 3.22. The lowest BCUT2D eigenvalue weighted by Gasteiger charge is -2.22. The number of aromatic nitrogens is 1. The lowest BCUT2D eigenvalue weighted by atomic mass is 10.1. The van der Waals surface area contributed by atoms with Crippen LogP contribution < -0.4 is 4.74 Å². The number of nitrogens with zero attached hydrogens (tertiary/aromatic N) is 1. The molecule has 1 heterocycles. The second-order valence-corrected chi connectivity index (χ2v) is 6.69. The Kier molecular flexibility index (Phi) is 4.69. The molecule has 3 nitrogen and oxygen atoms in total. The molecule has 0 saturated carbocycles. The Balaban J connectivity index is 1.97. The van der Waals surface area contributed by atoms with Gasteiger partial charge in [0, 0.05) is 18.1 Å². The van der Waals surface area contributed by atoms with E-state index in [1.807, 2.05) is 12.1 Å². The summed E-state index contributed by atoms with van der Waals surface area (Å²) in [6.45, 7) is 2.10. The summed E-state index contributed by atoms with van der Waals surface area (Å²) >= 11 is 0. The van der Waals surface area contributed by atoms with E-state index in [9.17, 15) is 0 Å². The average molecular weight is 357 g/mol. The first-order valence-corrected chi connectivity index (χ1v) is 9.05. The SMILES string of the molecule is COc1ccc2c(c1)cc(-c1ccccc1)n2C(OC)c1ccc(C)cc1. The van der Waals surface area contributed by atoms with E-state index in [-0.39, 0.29) is 6.23 Å². The second-order valence-electron chi connectivity index (χ2n) is 6.69. The van der Waals surface area contributed by atoms with Crippen LogP contribution in [-0.2, 0) is 4.74 Å². The summed E-state index contributed by atoms with van der Waals surface area (Å²) in [6, 6.07) is 27.3. The number of ether oxygens (including phenoxy) is 2. The summed E-state index contributed by atoms with van der Waals surface area (Å²) in [7, 11) is 3.45. The Morgan fingerprint density at radius 3 is 2.22 bits per heavy atom. The highest BCUT2D eigenvalue weighted by Crippen LogP contribution is 2.35. The van der Waals surface area contributed by atoms with Gasteiger partial charge >= 0.3 is 0 Å². The normalized spacial score (nSPS) is 12.3. The monoisotopic (exact) mass is 357 g/mol. The lowest BCUT2D eigenvalue weighted by molar-refractivity contribution is 0.0835. The molecule has 0 aliphatic heterocycles. The minimum Gasteiger partial charge on any atom is -0.497 e. The maximum Gasteiger partial charge on any atom is 0.160 e. The van der Waals surface area contributed by atoms with Gasteiger partial charge in [-0.25, -0.2) is 0 Å². The quantitative estimate of drug-likeness (QED) is 0.449. The molecule has 4 aromatic rings. The summed E-state index contributed by atoms with van der Waals surface area (Å²) in [5.74, 6) is 0.851. The van der Waals surface area contributed by atoms with E-state index in [1.54, 1.807) is 14.2 Å². The van der Waals surface area contributed by atoms with Crippen LogP contribution in [0.15, 0.2) is 78.9 Å². The zero-order valence-electron chi connectivity index (χ0n) is 15.8. The Bertz CT molecular complexity index is 1050.